The van der Waals surface area contributed by atoms with Gasteiger partial charge in [-0.05, 0) is 109 Å². The molecule has 2 aliphatic heterocycles. The molecule has 6 fully saturated rings. The molecule has 0 unspecified atom stereocenters. The van der Waals surface area contributed by atoms with Crippen molar-refractivity contribution >= 4 is 11.9 Å². The first-order chi connectivity index (χ1) is 25.0. The second-order valence-electron chi connectivity index (χ2n) is 20.2. The molecule has 0 radical (unpaired) electrons. The van der Waals surface area contributed by atoms with Crippen LogP contribution in [0.25, 0.3) is 0 Å². The maximum absolute atomic E-state index is 13.0. The van der Waals surface area contributed by atoms with Crippen molar-refractivity contribution in [3.63, 3.8) is 0 Å². The van der Waals surface area contributed by atoms with Crippen molar-refractivity contribution in [2.45, 2.75) is 174 Å². The van der Waals surface area contributed by atoms with E-state index in [1.807, 2.05) is 0 Å². The van der Waals surface area contributed by atoms with Crippen molar-refractivity contribution in [2.24, 2.45) is 50.2 Å². The van der Waals surface area contributed by atoms with Gasteiger partial charge in [0.25, 0.3) is 0 Å². The SMILES string of the molecule is CC1(C)C=C2[C@H]3CC[C@@H]4[C@@]5(C)CC[C@H](O[C@@H]6O[C@H](C(=O)O)[C@@H](O)[C@H](O[C@@H]7OC[C@@H](O)[C@H](O)[C@H]7O)[C@H]6O)C(C)(C)[C@@H]5CC[C@@]4(C)[C@]3(C)CC[C@@]2(C(=O)O)CC1. The van der Waals surface area contributed by atoms with Gasteiger partial charge in [-0.25, -0.2) is 4.79 Å². The number of aliphatic hydroxyl groups excluding tert-OH is 5. The molecule has 0 aromatic carbocycles. The molecule has 0 aromatic rings. The first kappa shape index (κ1) is 40.5. The molecule has 2 heterocycles. The molecule has 0 amide bonds. The highest BCUT2D eigenvalue weighted by Gasteiger charge is 2.70. The monoisotopic (exact) mass is 764 g/mol. The summed E-state index contributed by atoms with van der Waals surface area (Å²) < 4.78 is 23.4. The van der Waals surface area contributed by atoms with E-state index in [-0.39, 0.29) is 40.1 Å². The van der Waals surface area contributed by atoms with Crippen molar-refractivity contribution in [1.29, 1.82) is 0 Å². The normalized spacial score (nSPS) is 52.4. The molecule has 0 aromatic heterocycles. The standard InChI is InChI=1S/C41H64O13/c1-36(2)14-16-41(35(49)50)17-15-39(6)20(21(41)18-36)8-9-24-38(5)12-11-25(37(3,4)23(38)10-13-40(24,39)7)52-34-29(46)30(28(45)31(54-34)32(47)48)53-33-27(44)26(43)22(42)19-51-33/h18,20,22-31,33-34,42-46H,8-17,19H2,1-7H3,(H,47,48)(H,49,50)/t20-,22-,23+,24-,25+,26+,27-,28+,29-,30+,31+,33+,34-,38+,39-,40-,41+/m1/s1. The second kappa shape index (κ2) is 13.4. The number of rotatable bonds is 6. The summed E-state index contributed by atoms with van der Waals surface area (Å²) >= 11 is 0. The van der Waals surface area contributed by atoms with Gasteiger partial charge in [0.1, 0.15) is 36.6 Å². The summed E-state index contributed by atoms with van der Waals surface area (Å²) in [7, 11) is 0. The average molecular weight is 765 g/mol. The zero-order valence-electron chi connectivity index (χ0n) is 32.9. The lowest BCUT2D eigenvalue weighted by atomic mass is 9.32. The highest BCUT2D eigenvalue weighted by molar-refractivity contribution is 5.80. The molecule has 2 saturated heterocycles. The number of hydrogen-bond acceptors (Lipinski definition) is 11. The number of carboxylic acid groups (broad SMARTS) is 2. The van der Waals surface area contributed by atoms with Crippen LogP contribution in [0.3, 0.4) is 0 Å². The fraction of sp³-hybridized carbons (Fsp3) is 0.902. The van der Waals surface area contributed by atoms with Gasteiger partial charge in [0, 0.05) is 0 Å². The predicted molar refractivity (Wildman–Crippen MR) is 192 cm³/mol. The van der Waals surface area contributed by atoms with E-state index < -0.39 is 84.2 Å². The molecule has 0 bridgehead atoms. The molecule has 54 heavy (non-hydrogen) atoms. The van der Waals surface area contributed by atoms with E-state index in [0.29, 0.717) is 25.2 Å². The Morgan fingerprint density at radius 2 is 1.39 bits per heavy atom. The van der Waals surface area contributed by atoms with E-state index >= 15 is 0 Å². The Balaban J connectivity index is 1.12. The van der Waals surface area contributed by atoms with E-state index in [9.17, 15) is 45.3 Å². The summed E-state index contributed by atoms with van der Waals surface area (Å²) in [5.41, 5.74) is -0.151. The van der Waals surface area contributed by atoms with Crippen molar-refractivity contribution in [1.82, 2.24) is 0 Å². The highest BCUT2D eigenvalue weighted by atomic mass is 16.7. The number of aliphatic hydroxyl groups is 5. The quantitative estimate of drug-likeness (QED) is 0.152. The average Bonchev–Trinajstić information content (AvgIpc) is 3.08. The molecule has 5 aliphatic carbocycles. The third-order valence-corrected chi connectivity index (χ3v) is 16.8. The lowest BCUT2D eigenvalue weighted by Gasteiger charge is -2.72. The minimum Gasteiger partial charge on any atom is -0.481 e. The summed E-state index contributed by atoms with van der Waals surface area (Å²) in [5.74, 6) is -1.30. The molecule has 7 rings (SSSR count). The van der Waals surface area contributed by atoms with Gasteiger partial charge < -0.3 is 54.7 Å². The smallest absolute Gasteiger partial charge is 0.335 e. The molecule has 4 saturated carbocycles. The maximum Gasteiger partial charge on any atom is 0.335 e. The fourth-order valence-electron chi connectivity index (χ4n) is 13.5. The topological polar surface area (TPSA) is 213 Å². The van der Waals surface area contributed by atoms with Crippen LogP contribution >= 0.6 is 0 Å². The van der Waals surface area contributed by atoms with Gasteiger partial charge in [-0.3, -0.25) is 4.79 Å². The molecular weight excluding hydrogens is 700 g/mol. The number of ether oxygens (including phenoxy) is 4. The van der Waals surface area contributed by atoms with Crippen molar-refractivity contribution in [2.75, 3.05) is 6.61 Å². The molecule has 0 spiro atoms. The molecule has 7 N–H and O–H groups in total. The number of hydrogen-bond donors (Lipinski definition) is 7. The van der Waals surface area contributed by atoms with Crippen LogP contribution in [-0.2, 0) is 28.5 Å². The Morgan fingerprint density at radius 1 is 0.704 bits per heavy atom. The molecule has 13 heteroatoms. The van der Waals surface area contributed by atoms with Crippen LogP contribution in [0, 0.1) is 50.2 Å². The van der Waals surface area contributed by atoms with Gasteiger partial charge in [0.05, 0.1) is 18.1 Å². The summed E-state index contributed by atoms with van der Waals surface area (Å²) in [5, 5.41) is 73.6. The van der Waals surface area contributed by atoms with Crippen LogP contribution in [0.5, 0.6) is 0 Å². The Kier molecular flexibility index (Phi) is 10.1. The third kappa shape index (κ3) is 5.88. The summed E-state index contributed by atoms with van der Waals surface area (Å²) in [6.07, 6.45) is -4.27. The fourth-order valence-corrected chi connectivity index (χ4v) is 13.5. The lowest BCUT2D eigenvalue weighted by molar-refractivity contribution is -0.357. The maximum atomic E-state index is 13.0. The van der Waals surface area contributed by atoms with Crippen LogP contribution in [0.2, 0.25) is 0 Å². The van der Waals surface area contributed by atoms with Gasteiger partial charge in [-0.2, -0.15) is 0 Å². The van der Waals surface area contributed by atoms with Gasteiger partial charge in [-0.1, -0.05) is 60.1 Å². The van der Waals surface area contributed by atoms with E-state index in [2.05, 4.69) is 54.5 Å². The minimum absolute atomic E-state index is 0.00844. The number of carbonyl (C=O) groups is 2. The van der Waals surface area contributed by atoms with E-state index in [4.69, 9.17) is 18.9 Å². The largest absolute Gasteiger partial charge is 0.481 e. The second-order valence-corrected chi connectivity index (χ2v) is 20.2. The van der Waals surface area contributed by atoms with Crippen LogP contribution in [0.1, 0.15) is 113 Å². The van der Waals surface area contributed by atoms with Crippen molar-refractivity contribution in [3.8, 4) is 0 Å². The lowest BCUT2D eigenvalue weighted by Crippen LogP contribution is -2.67. The van der Waals surface area contributed by atoms with Crippen LogP contribution in [0.4, 0.5) is 0 Å². The number of fused-ring (bicyclic) bond motifs is 7. The molecule has 17 atom stereocenters. The van der Waals surface area contributed by atoms with Gasteiger partial charge in [-0.15, -0.1) is 0 Å². The third-order valence-electron chi connectivity index (χ3n) is 16.8. The Bertz CT molecular complexity index is 1510. The highest BCUT2D eigenvalue weighted by Crippen LogP contribution is 2.76. The molecular formula is C41H64O13. The molecule has 306 valence electrons. The first-order valence-corrected chi connectivity index (χ1v) is 20.2. The van der Waals surface area contributed by atoms with Crippen LogP contribution < -0.4 is 0 Å². The Morgan fingerprint density at radius 3 is 2.06 bits per heavy atom. The minimum atomic E-state index is -1.86. The zero-order chi connectivity index (χ0) is 39.6. The Labute approximate surface area is 318 Å². The number of aliphatic carboxylic acids is 2. The van der Waals surface area contributed by atoms with Crippen molar-refractivity contribution < 1.29 is 64.3 Å². The number of allylic oxidation sites excluding steroid dienone is 1. The van der Waals surface area contributed by atoms with Gasteiger partial charge in [0.2, 0.25) is 0 Å². The van der Waals surface area contributed by atoms with Crippen LogP contribution in [0.15, 0.2) is 11.6 Å². The van der Waals surface area contributed by atoms with E-state index in [0.717, 1.165) is 44.9 Å². The number of carboxylic acids is 2. The summed E-state index contributed by atoms with van der Waals surface area (Å²) in [6.45, 7) is 15.8. The van der Waals surface area contributed by atoms with Crippen LogP contribution in [-0.4, -0.2) is 116 Å². The van der Waals surface area contributed by atoms with Crippen molar-refractivity contribution in [3.05, 3.63) is 11.6 Å². The zero-order valence-corrected chi connectivity index (χ0v) is 32.9. The van der Waals surface area contributed by atoms with Gasteiger partial charge in [0.15, 0.2) is 18.7 Å². The summed E-state index contributed by atoms with van der Waals surface area (Å²) in [6, 6.07) is 0. The Hall–Kier alpha value is -1.68. The molecule has 7 aliphatic rings. The van der Waals surface area contributed by atoms with E-state index in [1.54, 1.807) is 0 Å². The predicted octanol–water partition coefficient (Wildman–Crippen LogP) is 3.61. The summed E-state index contributed by atoms with van der Waals surface area (Å²) in [4.78, 5) is 25.3. The van der Waals surface area contributed by atoms with E-state index in [1.165, 1.54) is 5.57 Å². The molecule has 13 nitrogen and oxygen atoms in total. The first-order valence-electron chi connectivity index (χ1n) is 20.2. The van der Waals surface area contributed by atoms with Gasteiger partial charge >= 0.3 is 11.9 Å².